The summed E-state index contributed by atoms with van der Waals surface area (Å²) in [5.74, 6) is 2.05. The Kier molecular flexibility index (Phi) is 3.03. The van der Waals surface area contributed by atoms with Gasteiger partial charge in [-0.3, -0.25) is 0 Å². The first-order chi connectivity index (χ1) is 6.34. The van der Waals surface area contributed by atoms with Crippen LogP contribution in [0.5, 0.6) is 0 Å². The summed E-state index contributed by atoms with van der Waals surface area (Å²) >= 11 is 0. The van der Waals surface area contributed by atoms with Gasteiger partial charge in [0, 0.05) is 6.92 Å². The highest BCUT2D eigenvalue weighted by Gasteiger charge is 2.28. The van der Waals surface area contributed by atoms with Crippen molar-refractivity contribution in [3.8, 4) is 0 Å². The zero-order chi connectivity index (χ0) is 10.9. The Morgan fingerprint density at radius 2 is 2.00 bits per heavy atom. The van der Waals surface area contributed by atoms with Crippen LogP contribution in [0.4, 0.5) is 0 Å². The van der Waals surface area contributed by atoms with Crippen LogP contribution in [-0.4, -0.2) is 4.57 Å². The van der Waals surface area contributed by atoms with Crippen molar-refractivity contribution in [1.82, 2.24) is 4.57 Å². The molecule has 0 unspecified atom stereocenters. The number of aromatic nitrogens is 2. The third kappa shape index (κ3) is 2.17. The van der Waals surface area contributed by atoms with Gasteiger partial charge < -0.3 is 0 Å². The Hall–Kier alpha value is -0.790. The lowest BCUT2D eigenvalue weighted by Crippen LogP contribution is -2.35. The number of rotatable bonds is 3. The van der Waals surface area contributed by atoms with Crippen LogP contribution in [-0.2, 0) is 12.6 Å². The van der Waals surface area contributed by atoms with Crippen molar-refractivity contribution in [2.45, 2.75) is 46.6 Å². The van der Waals surface area contributed by atoms with Crippen LogP contribution in [0.15, 0.2) is 12.4 Å². The van der Waals surface area contributed by atoms with E-state index in [-0.39, 0.29) is 5.54 Å². The van der Waals surface area contributed by atoms with Crippen LogP contribution in [0.3, 0.4) is 0 Å². The largest absolute Gasteiger partial charge is 0.253 e. The monoisotopic (exact) mass is 195 g/mol. The van der Waals surface area contributed by atoms with E-state index in [4.69, 9.17) is 0 Å². The molecule has 0 aliphatic rings. The summed E-state index contributed by atoms with van der Waals surface area (Å²) in [4.78, 5) is 0. The van der Waals surface area contributed by atoms with Crippen molar-refractivity contribution >= 4 is 0 Å². The van der Waals surface area contributed by atoms with Gasteiger partial charge in [-0.05, 0) is 26.2 Å². The van der Waals surface area contributed by atoms with E-state index in [9.17, 15) is 0 Å². The number of imidazole rings is 1. The summed E-state index contributed by atoms with van der Waals surface area (Å²) in [5.41, 5.74) is 0.222. The Labute approximate surface area is 87.6 Å². The van der Waals surface area contributed by atoms with E-state index in [0.717, 1.165) is 5.92 Å². The summed E-state index contributed by atoms with van der Waals surface area (Å²) < 4.78 is 4.54. The topological polar surface area (TPSA) is 8.81 Å². The quantitative estimate of drug-likeness (QED) is 0.655. The highest BCUT2D eigenvalue weighted by Crippen LogP contribution is 2.24. The second-order valence-corrected chi connectivity index (χ2v) is 5.24. The van der Waals surface area contributed by atoms with Crippen LogP contribution >= 0.6 is 0 Å². The molecule has 0 saturated heterocycles. The van der Waals surface area contributed by atoms with E-state index < -0.39 is 0 Å². The summed E-state index contributed by atoms with van der Waals surface area (Å²) in [6.45, 7) is 11.3. The lowest BCUT2D eigenvalue weighted by atomic mass is 9.92. The number of nitrogens with zero attached hydrogens (tertiary/aromatic N) is 2. The summed E-state index contributed by atoms with van der Waals surface area (Å²) in [5, 5.41) is 0. The Morgan fingerprint density at radius 1 is 1.43 bits per heavy atom. The normalized spacial score (nSPS) is 12.5. The van der Waals surface area contributed by atoms with Gasteiger partial charge in [0.05, 0.1) is 7.05 Å². The first-order valence-corrected chi connectivity index (χ1v) is 5.38. The van der Waals surface area contributed by atoms with Gasteiger partial charge >= 0.3 is 0 Å². The fraction of sp³-hybridized carbons (Fsp3) is 0.750. The molecule has 0 aromatic carbocycles. The second-order valence-electron chi connectivity index (χ2n) is 5.24. The van der Waals surface area contributed by atoms with Crippen LogP contribution in [0.25, 0.3) is 0 Å². The van der Waals surface area contributed by atoms with Crippen LogP contribution < -0.4 is 4.57 Å². The molecule has 1 aromatic heterocycles. The van der Waals surface area contributed by atoms with Crippen molar-refractivity contribution in [2.24, 2.45) is 13.0 Å². The van der Waals surface area contributed by atoms with Gasteiger partial charge in [0.2, 0.25) is 0 Å². The highest BCUT2D eigenvalue weighted by molar-refractivity contribution is 4.90. The van der Waals surface area contributed by atoms with E-state index in [2.05, 4.69) is 63.2 Å². The van der Waals surface area contributed by atoms with Crippen molar-refractivity contribution in [3.63, 3.8) is 0 Å². The van der Waals surface area contributed by atoms with Crippen molar-refractivity contribution < 1.29 is 4.57 Å². The summed E-state index contributed by atoms with van der Waals surface area (Å²) in [7, 11) is 2.09. The fourth-order valence-corrected chi connectivity index (χ4v) is 2.29. The molecule has 0 radical (unpaired) electrons. The standard InChI is InChI=1S/C12H23N2/c1-10(2)9-12(4,5)14-8-7-13(6)11(14)3/h7-8,10H,9H2,1-6H3/q+1. The third-order valence-electron chi connectivity index (χ3n) is 2.86. The second kappa shape index (κ2) is 3.76. The summed E-state index contributed by atoms with van der Waals surface area (Å²) in [6, 6.07) is 0. The average molecular weight is 195 g/mol. The van der Waals surface area contributed by atoms with E-state index in [1.165, 1.54) is 12.2 Å². The van der Waals surface area contributed by atoms with Crippen molar-refractivity contribution in [1.29, 1.82) is 0 Å². The van der Waals surface area contributed by atoms with Crippen LogP contribution in [0, 0.1) is 12.8 Å². The van der Waals surface area contributed by atoms with Gasteiger partial charge in [-0.25, -0.2) is 9.13 Å². The van der Waals surface area contributed by atoms with Gasteiger partial charge in [-0.1, -0.05) is 13.8 Å². The molecule has 0 N–H and O–H groups in total. The number of hydrogen-bond donors (Lipinski definition) is 0. The molecular weight excluding hydrogens is 172 g/mol. The highest BCUT2D eigenvalue weighted by atomic mass is 15.2. The number of hydrogen-bond acceptors (Lipinski definition) is 0. The van der Waals surface area contributed by atoms with E-state index in [1.807, 2.05) is 0 Å². The molecule has 0 saturated carbocycles. The van der Waals surface area contributed by atoms with E-state index >= 15 is 0 Å². The molecule has 14 heavy (non-hydrogen) atoms. The molecule has 1 aromatic rings. The molecule has 0 aliphatic heterocycles. The third-order valence-corrected chi connectivity index (χ3v) is 2.86. The molecule has 0 aliphatic carbocycles. The maximum absolute atomic E-state index is 2.37. The predicted octanol–water partition coefficient (Wildman–Crippen LogP) is 2.40. The molecule has 0 fully saturated rings. The fourth-order valence-electron chi connectivity index (χ4n) is 2.29. The van der Waals surface area contributed by atoms with Gasteiger partial charge in [0.25, 0.3) is 5.82 Å². The minimum Gasteiger partial charge on any atom is -0.237 e. The molecule has 2 heteroatoms. The Morgan fingerprint density at radius 3 is 2.36 bits per heavy atom. The van der Waals surface area contributed by atoms with Crippen molar-refractivity contribution in [3.05, 3.63) is 18.2 Å². The predicted molar refractivity (Wildman–Crippen MR) is 59.1 cm³/mol. The molecule has 0 atom stereocenters. The SMILES string of the molecule is Cc1n(C(C)(C)CC(C)C)cc[n+]1C. The van der Waals surface area contributed by atoms with Gasteiger partial charge in [-0.2, -0.15) is 0 Å². The van der Waals surface area contributed by atoms with Crippen LogP contribution in [0.1, 0.15) is 39.9 Å². The molecule has 0 spiro atoms. The molecule has 1 heterocycles. The maximum Gasteiger partial charge on any atom is 0.253 e. The van der Waals surface area contributed by atoms with Crippen LogP contribution in [0.2, 0.25) is 0 Å². The molecule has 0 bridgehead atoms. The summed E-state index contributed by atoms with van der Waals surface area (Å²) in [6.07, 6.45) is 5.51. The molecule has 80 valence electrons. The number of aryl methyl sites for hydroxylation is 1. The smallest absolute Gasteiger partial charge is 0.237 e. The maximum atomic E-state index is 2.37. The minimum atomic E-state index is 0.222. The molecular formula is C12H23N2+. The molecule has 1 rings (SSSR count). The first kappa shape index (κ1) is 11.3. The van der Waals surface area contributed by atoms with E-state index in [0.29, 0.717) is 0 Å². The van der Waals surface area contributed by atoms with Gasteiger partial charge in [-0.15, -0.1) is 0 Å². The molecule has 0 amide bonds. The van der Waals surface area contributed by atoms with Crippen molar-refractivity contribution in [2.75, 3.05) is 0 Å². The molecule has 2 nitrogen and oxygen atoms in total. The average Bonchev–Trinajstić information content (AvgIpc) is 2.30. The Balaban J connectivity index is 2.97. The minimum absolute atomic E-state index is 0.222. The zero-order valence-corrected chi connectivity index (χ0v) is 10.3. The van der Waals surface area contributed by atoms with Gasteiger partial charge in [0.1, 0.15) is 17.9 Å². The van der Waals surface area contributed by atoms with E-state index in [1.54, 1.807) is 0 Å². The lowest BCUT2D eigenvalue weighted by Gasteiger charge is -2.24. The zero-order valence-electron chi connectivity index (χ0n) is 10.3. The Bertz CT molecular complexity index is 308. The van der Waals surface area contributed by atoms with Gasteiger partial charge in [0.15, 0.2) is 0 Å². The lowest BCUT2D eigenvalue weighted by molar-refractivity contribution is -0.677. The first-order valence-electron chi connectivity index (χ1n) is 5.38.